The predicted molar refractivity (Wildman–Crippen MR) is 88.2 cm³/mol. The fraction of sp³-hybridized carbons (Fsp3) is 0.438. The van der Waals surface area contributed by atoms with E-state index < -0.39 is 0 Å². The van der Waals surface area contributed by atoms with Crippen molar-refractivity contribution in [2.45, 2.75) is 31.8 Å². The molecule has 0 bridgehead atoms. The van der Waals surface area contributed by atoms with Crippen LogP contribution in [0.3, 0.4) is 0 Å². The Bertz CT molecular complexity index is 556. The van der Waals surface area contributed by atoms with Crippen molar-refractivity contribution in [2.75, 3.05) is 13.7 Å². The van der Waals surface area contributed by atoms with Crippen LogP contribution in [-0.4, -0.2) is 23.5 Å². The van der Waals surface area contributed by atoms with Crippen molar-refractivity contribution in [3.8, 4) is 0 Å². The maximum atomic E-state index is 6.57. The second-order valence-corrected chi connectivity index (χ2v) is 5.90. The third-order valence-electron chi connectivity index (χ3n) is 3.76. The first-order valence-electron chi connectivity index (χ1n) is 7.19. The molecule has 4 nitrogen and oxygen atoms in total. The maximum absolute atomic E-state index is 6.57. The zero-order chi connectivity index (χ0) is 15.2. The summed E-state index contributed by atoms with van der Waals surface area (Å²) in [5.74, 6) is 0.264. The molecule has 0 fully saturated rings. The minimum Gasteiger partial charge on any atom is -0.383 e. The van der Waals surface area contributed by atoms with E-state index in [0.717, 1.165) is 16.6 Å². The molecule has 1 aromatic carbocycles. The van der Waals surface area contributed by atoms with Gasteiger partial charge < -0.3 is 10.5 Å². The van der Waals surface area contributed by atoms with Crippen LogP contribution in [0, 0.1) is 0 Å². The molecule has 0 radical (unpaired) electrons. The third-order valence-corrected chi connectivity index (χ3v) is 4.37. The van der Waals surface area contributed by atoms with Crippen LogP contribution in [-0.2, 0) is 11.3 Å². The molecule has 2 unspecified atom stereocenters. The highest BCUT2D eigenvalue weighted by molar-refractivity contribution is 9.10. The van der Waals surface area contributed by atoms with Crippen LogP contribution < -0.4 is 5.73 Å². The average Bonchev–Trinajstić information content (AvgIpc) is 2.87. The standard InChI is InChI=1S/C16H22BrN3O/c1-3-13(12-7-5-4-6-8-12)15(18)16-14(17)11-19-20(16)9-10-21-2/h4-8,11,13,15H,3,9-10,18H2,1-2H3. The van der Waals surface area contributed by atoms with Crippen LogP contribution in [0.5, 0.6) is 0 Å². The van der Waals surface area contributed by atoms with Gasteiger partial charge in [-0.15, -0.1) is 0 Å². The van der Waals surface area contributed by atoms with Gasteiger partial charge in [0.2, 0.25) is 0 Å². The van der Waals surface area contributed by atoms with E-state index in [0.29, 0.717) is 13.2 Å². The van der Waals surface area contributed by atoms with Crippen molar-refractivity contribution < 1.29 is 4.74 Å². The first-order valence-corrected chi connectivity index (χ1v) is 7.99. The number of hydrogen-bond acceptors (Lipinski definition) is 3. The number of nitrogens with two attached hydrogens (primary N) is 1. The number of methoxy groups -OCH3 is 1. The summed E-state index contributed by atoms with van der Waals surface area (Å²) in [5, 5.41) is 4.39. The first-order chi connectivity index (χ1) is 10.2. The summed E-state index contributed by atoms with van der Waals surface area (Å²) >= 11 is 3.58. The first kappa shape index (κ1) is 16.2. The van der Waals surface area contributed by atoms with Crippen LogP contribution in [0.4, 0.5) is 0 Å². The Morgan fingerprint density at radius 2 is 2.05 bits per heavy atom. The van der Waals surface area contributed by atoms with Gasteiger partial charge in [-0.05, 0) is 27.9 Å². The largest absolute Gasteiger partial charge is 0.383 e. The molecule has 2 rings (SSSR count). The van der Waals surface area contributed by atoms with Crippen molar-refractivity contribution in [3.05, 3.63) is 52.3 Å². The van der Waals surface area contributed by atoms with E-state index in [9.17, 15) is 0 Å². The molecule has 0 aliphatic heterocycles. The molecule has 0 saturated heterocycles. The molecular weight excluding hydrogens is 330 g/mol. The lowest BCUT2D eigenvalue weighted by Crippen LogP contribution is -2.24. The van der Waals surface area contributed by atoms with Gasteiger partial charge in [-0.2, -0.15) is 5.10 Å². The molecule has 0 aliphatic rings. The molecule has 1 heterocycles. The number of ether oxygens (including phenoxy) is 1. The fourth-order valence-corrected chi connectivity index (χ4v) is 3.21. The molecule has 21 heavy (non-hydrogen) atoms. The van der Waals surface area contributed by atoms with Crippen molar-refractivity contribution in [2.24, 2.45) is 5.73 Å². The SMILES string of the molecule is CCC(c1ccccc1)C(N)c1c(Br)cnn1CCOC. The smallest absolute Gasteiger partial charge is 0.0700 e. The summed E-state index contributed by atoms with van der Waals surface area (Å²) in [6.45, 7) is 3.49. The second kappa shape index (κ2) is 7.73. The molecule has 1 aromatic heterocycles. The summed E-state index contributed by atoms with van der Waals surface area (Å²) in [5.41, 5.74) is 8.86. The van der Waals surface area contributed by atoms with E-state index in [2.05, 4.69) is 52.2 Å². The van der Waals surface area contributed by atoms with E-state index in [1.54, 1.807) is 7.11 Å². The molecule has 5 heteroatoms. The average molecular weight is 352 g/mol. The molecule has 114 valence electrons. The Kier molecular flexibility index (Phi) is 5.96. The minimum absolute atomic E-state index is 0.105. The lowest BCUT2D eigenvalue weighted by molar-refractivity contribution is 0.181. The van der Waals surface area contributed by atoms with Gasteiger partial charge in [-0.25, -0.2) is 0 Å². The Morgan fingerprint density at radius 3 is 2.67 bits per heavy atom. The Balaban J connectivity index is 2.29. The predicted octanol–water partition coefficient (Wildman–Crippen LogP) is 3.49. The van der Waals surface area contributed by atoms with Gasteiger partial charge in [0, 0.05) is 13.0 Å². The van der Waals surface area contributed by atoms with Crippen LogP contribution in [0.2, 0.25) is 0 Å². The molecule has 0 aliphatic carbocycles. The normalized spacial score (nSPS) is 14.1. The second-order valence-electron chi connectivity index (χ2n) is 5.04. The van der Waals surface area contributed by atoms with Crippen LogP contribution in [0.1, 0.15) is 36.6 Å². The summed E-state index contributed by atoms with van der Waals surface area (Å²) in [6, 6.07) is 10.3. The Hall–Kier alpha value is -1.17. The maximum Gasteiger partial charge on any atom is 0.0700 e. The van der Waals surface area contributed by atoms with Gasteiger partial charge in [0.25, 0.3) is 0 Å². The highest BCUT2D eigenvalue weighted by Crippen LogP contribution is 2.35. The topological polar surface area (TPSA) is 53.1 Å². The van der Waals surface area contributed by atoms with Gasteiger partial charge in [-0.3, -0.25) is 4.68 Å². The molecule has 0 saturated carbocycles. The van der Waals surface area contributed by atoms with Gasteiger partial charge in [-0.1, -0.05) is 37.3 Å². The molecule has 2 aromatic rings. The Morgan fingerprint density at radius 1 is 1.33 bits per heavy atom. The van der Waals surface area contributed by atoms with Crippen molar-refractivity contribution in [1.29, 1.82) is 0 Å². The monoisotopic (exact) mass is 351 g/mol. The van der Waals surface area contributed by atoms with Crippen LogP contribution in [0.25, 0.3) is 0 Å². The third kappa shape index (κ3) is 3.73. The van der Waals surface area contributed by atoms with Crippen molar-refractivity contribution in [1.82, 2.24) is 9.78 Å². The van der Waals surface area contributed by atoms with Gasteiger partial charge in [0.05, 0.1) is 35.6 Å². The Labute approximate surface area is 134 Å². The molecule has 0 amide bonds. The summed E-state index contributed by atoms with van der Waals surface area (Å²) in [4.78, 5) is 0. The van der Waals surface area contributed by atoms with Crippen molar-refractivity contribution >= 4 is 15.9 Å². The highest BCUT2D eigenvalue weighted by Gasteiger charge is 2.25. The number of aromatic nitrogens is 2. The molecule has 2 atom stereocenters. The molecule has 0 spiro atoms. The van der Waals surface area contributed by atoms with Crippen LogP contribution >= 0.6 is 15.9 Å². The van der Waals surface area contributed by atoms with Gasteiger partial charge in [0.15, 0.2) is 0 Å². The molecule has 2 N–H and O–H groups in total. The van der Waals surface area contributed by atoms with Crippen molar-refractivity contribution in [3.63, 3.8) is 0 Å². The number of hydrogen-bond donors (Lipinski definition) is 1. The van der Waals surface area contributed by atoms with Gasteiger partial charge in [0.1, 0.15) is 0 Å². The van der Waals surface area contributed by atoms with Crippen LogP contribution in [0.15, 0.2) is 41.0 Å². The number of rotatable bonds is 7. The van der Waals surface area contributed by atoms with E-state index in [1.165, 1.54) is 5.56 Å². The lowest BCUT2D eigenvalue weighted by atomic mass is 9.88. The van der Waals surface area contributed by atoms with E-state index in [4.69, 9.17) is 10.5 Å². The zero-order valence-electron chi connectivity index (χ0n) is 12.5. The van der Waals surface area contributed by atoms with E-state index in [1.807, 2.05) is 16.9 Å². The summed E-state index contributed by atoms with van der Waals surface area (Å²) in [7, 11) is 1.69. The van der Waals surface area contributed by atoms with Gasteiger partial charge >= 0.3 is 0 Å². The molecular formula is C16H22BrN3O. The number of halogens is 1. The number of benzene rings is 1. The quantitative estimate of drug-likeness (QED) is 0.830. The highest BCUT2D eigenvalue weighted by atomic mass is 79.9. The minimum atomic E-state index is -0.105. The van der Waals surface area contributed by atoms with E-state index in [-0.39, 0.29) is 12.0 Å². The summed E-state index contributed by atoms with van der Waals surface area (Å²) in [6.07, 6.45) is 2.79. The zero-order valence-corrected chi connectivity index (χ0v) is 14.1. The van der Waals surface area contributed by atoms with E-state index >= 15 is 0 Å². The lowest BCUT2D eigenvalue weighted by Gasteiger charge is -2.24. The number of nitrogens with zero attached hydrogens (tertiary/aromatic N) is 2. The fourth-order valence-electron chi connectivity index (χ4n) is 2.65. The summed E-state index contributed by atoms with van der Waals surface area (Å²) < 4.78 is 8.04.